The van der Waals surface area contributed by atoms with Gasteiger partial charge in [-0.05, 0) is 31.7 Å². The van der Waals surface area contributed by atoms with Gasteiger partial charge in [-0.1, -0.05) is 37.3 Å². The zero-order valence-electron chi connectivity index (χ0n) is 13.0. The fraction of sp³-hybridized carbons (Fsp3) is 0.375. The Bertz CT molecular complexity index is 739. The Labute approximate surface area is 135 Å². The fourth-order valence-corrected chi connectivity index (χ4v) is 3.92. The van der Waals surface area contributed by atoms with Crippen molar-refractivity contribution in [2.75, 3.05) is 0 Å². The third-order valence-electron chi connectivity index (χ3n) is 3.82. The summed E-state index contributed by atoms with van der Waals surface area (Å²) in [6.07, 6.45) is 4.85. The molecule has 2 unspecified atom stereocenters. The summed E-state index contributed by atoms with van der Waals surface area (Å²) >= 11 is 0. The highest BCUT2D eigenvalue weighted by atomic mass is 32.2. The average Bonchev–Trinajstić information content (AvgIpc) is 2.53. The molecular weight excluding hydrogens is 318 g/mol. The summed E-state index contributed by atoms with van der Waals surface area (Å²) < 4.78 is 29.1. The van der Waals surface area contributed by atoms with Crippen molar-refractivity contribution in [3.05, 3.63) is 47.5 Å². The van der Waals surface area contributed by atoms with Crippen LogP contribution in [-0.2, 0) is 14.4 Å². The Morgan fingerprint density at radius 2 is 1.87 bits per heavy atom. The van der Waals surface area contributed by atoms with Gasteiger partial charge < -0.3 is 0 Å². The van der Waals surface area contributed by atoms with E-state index in [-0.39, 0.29) is 22.8 Å². The molecule has 0 saturated heterocycles. The van der Waals surface area contributed by atoms with E-state index in [1.807, 2.05) is 17.6 Å². The van der Waals surface area contributed by atoms with E-state index >= 15 is 0 Å². The lowest BCUT2D eigenvalue weighted by molar-refractivity contribution is 0.0761. The smallest absolute Gasteiger partial charge is 0.291 e. The van der Waals surface area contributed by atoms with Gasteiger partial charge in [0.25, 0.3) is 16.0 Å². The number of amides is 1. The van der Waals surface area contributed by atoms with Crippen molar-refractivity contribution >= 4 is 21.8 Å². The van der Waals surface area contributed by atoms with Crippen molar-refractivity contribution in [2.24, 2.45) is 5.92 Å². The number of carbonyl (C=O) groups excluding carboxylic acids is 2. The zero-order valence-corrected chi connectivity index (χ0v) is 13.8. The van der Waals surface area contributed by atoms with E-state index < -0.39 is 21.3 Å². The molecule has 2 rings (SSSR count). The van der Waals surface area contributed by atoms with E-state index in [1.54, 1.807) is 19.1 Å². The highest BCUT2D eigenvalue weighted by Crippen LogP contribution is 2.25. The number of hydroxylamine groups is 1. The first-order valence-corrected chi connectivity index (χ1v) is 8.79. The zero-order chi connectivity index (χ0) is 17.0. The van der Waals surface area contributed by atoms with Crippen LogP contribution < -0.4 is 5.48 Å². The van der Waals surface area contributed by atoms with E-state index in [0.29, 0.717) is 12.8 Å². The quantitative estimate of drug-likeness (QED) is 0.505. The number of hydrogen-bond donors (Lipinski definition) is 1. The van der Waals surface area contributed by atoms with Crippen LogP contribution in [0.25, 0.3) is 0 Å². The first-order valence-electron chi connectivity index (χ1n) is 7.32. The number of carbonyl (C=O) groups is 2. The largest absolute Gasteiger partial charge is 0.294 e. The molecule has 2 atom stereocenters. The minimum atomic E-state index is -3.94. The van der Waals surface area contributed by atoms with Crippen LogP contribution in [0.1, 0.15) is 47.4 Å². The maximum absolute atomic E-state index is 12.2. The van der Waals surface area contributed by atoms with E-state index in [0.717, 1.165) is 0 Å². The van der Waals surface area contributed by atoms with Gasteiger partial charge in [0, 0.05) is 5.56 Å². The van der Waals surface area contributed by atoms with Gasteiger partial charge in [0.1, 0.15) is 0 Å². The van der Waals surface area contributed by atoms with E-state index in [4.69, 9.17) is 4.28 Å². The summed E-state index contributed by atoms with van der Waals surface area (Å²) in [5.41, 5.74) is 2.23. The summed E-state index contributed by atoms with van der Waals surface area (Å²) in [4.78, 5) is 23.6. The van der Waals surface area contributed by atoms with Gasteiger partial charge in [0.05, 0.1) is 10.8 Å². The van der Waals surface area contributed by atoms with Crippen molar-refractivity contribution in [1.82, 2.24) is 5.48 Å². The van der Waals surface area contributed by atoms with Crippen LogP contribution in [0.15, 0.2) is 36.4 Å². The molecule has 0 radical (unpaired) electrons. The van der Waals surface area contributed by atoms with Crippen LogP contribution in [0, 0.1) is 5.92 Å². The Hall–Kier alpha value is -1.99. The van der Waals surface area contributed by atoms with Crippen LogP contribution in [0.3, 0.4) is 0 Å². The van der Waals surface area contributed by atoms with Crippen molar-refractivity contribution in [3.63, 3.8) is 0 Å². The first-order chi connectivity index (χ1) is 10.8. The molecule has 0 saturated carbocycles. The molecule has 1 aromatic rings. The SMILES string of the molecule is CC(=O)c1ccccc1C(=O)NOS(=O)(=O)C1CCC=CC1C. The minimum absolute atomic E-state index is 0.0757. The standard InChI is InChI=1S/C16H19NO5S/c1-11-7-3-6-10-15(11)23(20,21)22-17-16(19)14-9-5-4-8-13(14)12(2)18/h3-5,7-9,11,15H,6,10H2,1-2H3,(H,17,19). The van der Waals surface area contributed by atoms with Gasteiger partial charge in [-0.25, -0.2) is 5.48 Å². The molecule has 0 aliphatic heterocycles. The topological polar surface area (TPSA) is 89.5 Å². The van der Waals surface area contributed by atoms with Crippen LogP contribution in [0.2, 0.25) is 0 Å². The monoisotopic (exact) mass is 337 g/mol. The lowest BCUT2D eigenvalue weighted by Gasteiger charge is -2.23. The Balaban J connectivity index is 2.10. The summed E-state index contributed by atoms with van der Waals surface area (Å²) in [6.45, 7) is 3.12. The normalized spacial score (nSPS) is 21.0. The van der Waals surface area contributed by atoms with E-state index in [1.165, 1.54) is 19.1 Å². The average molecular weight is 337 g/mol. The number of benzene rings is 1. The summed E-state index contributed by atoms with van der Waals surface area (Å²) in [5.74, 6) is -1.24. The summed E-state index contributed by atoms with van der Waals surface area (Å²) in [7, 11) is -3.94. The second kappa shape index (κ2) is 7.06. The van der Waals surface area contributed by atoms with Crippen molar-refractivity contribution < 1.29 is 22.3 Å². The number of hydrogen-bond acceptors (Lipinski definition) is 5. The Morgan fingerprint density at radius 1 is 1.22 bits per heavy atom. The van der Waals surface area contributed by atoms with Gasteiger partial charge in [-0.2, -0.15) is 8.42 Å². The molecule has 0 spiro atoms. The molecule has 0 heterocycles. The van der Waals surface area contributed by atoms with E-state index in [2.05, 4.69) is 0 Å². The highest BCUT2D eigenvalue weighted by molar-refractivity contribution is 7.87. The molecule has 7 heteroatoms. The third kappa shape index (κ3) is 4.05. The van der Waals surface area contributed by atoms with Crippen LogP contribution in [-0.4, -0.2) is 25.4 Å². The van der Waals surface area contributed by atoms with Gasteiger partial charge in [0.2, 0.25) is 0 Å². The van der Waals surface area contributed by atoms with Crippen LogP contribution >= 0.6 is 0 Å². The van der Waals surface area contributed by atoms with Crippen LogP contribution in [0.4, 0.5) is 0 Å². The highest BCUT2D eigenvalue weighted by Gasteiger charge is 2.33. The number of rotatable bonds is 5. The molecule has 0 fully saturated rings. The Morgan fingerprint density at radius 3 is 2.48 bits per heavy atom. The molecule has 1 N–H and O–H groups in total. The van der Waals surface area contributed by atoms with Crippen molar-refractivity contribution in [2.45, 2.75) is 31.9 Å². The lowest BCUT2D eigenvalue weighted by Crippen LogP contribution is -2.36. The molecule has 0 bridgehead atoms. The van der Waals surface area contributed by atoms with Crippen molar-refractivity contribution in [3.8, 4) is 0 Å². The summed E-state index contributed by atoms with van der Waals surface area (Å²) in [5, 5.41) is -0.698. The first kappa shape index (κ1) is 17.4. The molecule has 1 aromatic carbocycles. The number of allylic oxidation sites excluding steroid dienone is 2. The fourth-order valence-electron chi connectivity index (χ4n) is 2.57. The lowest BCUT2D eigenvalue weighted by atomic mass is 9.97. The molecule has 1 aliphatic carbocycles. The summed E-state index contributed by atoms with van der Waals surface area (Å²) in [6, 6.07) is 6.15. The second-order valence-electron chi connectivity index (χ2n) is 5.51. The number of Topliss-reactive ketones (excluding diaryl/α,β-unsaturated/α-hetero) is 1. The maximum atomic E-state index is 12.2. The molecule has 124 valence electrons. The van der Waals surface area contributed by atoms with Crippen molar-refractivity contribution in [1.29, 1.82) is 0 Å². The molecule has 1 amide bonds. The van der Waals surface area contributed by atoms with Gasteiger partial charge >= 0.3 is 0 Å². The van der Waals surface area contributed by atoms with Gasteiger partial charge in [0.15, 0.2) is 5.78 Å². The Kier molecular flexibility index (Phi) is 5.33. The second-order valence-corrected chi connectivity index (χ2v) is 7.27. The number of nitrogens with one attached hydrogen (secondary N) is 1. The molecule has 23 heavy (non-hydrogen) atoms. The van der Waals surface area contributed by atoms with Crippen LogP contribution in [0.5, 0.6) is 0 Å². The molecule has 0 aromatic heterocycles. The number of ketones is 1. The van der Waals surface area contributed by atoms with Gasteiger partial charge in [-0.15, -0.1) is 4.28 Å². The predicted molar refractivity (Wildman–Crippen MR) is 85.2 cm³/mol. The van der Waals surface area contributed by atoms with Gasteiger partial charge in [-0.3, -0.25) is 9.59 Å². The maximum Gasteiger partial charge on any atom is 0.291 e. The minimum Gasteiger partial charge on any atom is -0.294 e. The molecule has 6 nitrogen and oxygen atoms in total. The third-order valence-corrected chi connectivity index (χ3v) is 5.54. The predicted octanol–water partition coefficient (Wildman–Crippen LogP) is 2.24. The molecule has 1 aliphatic rings. The van der Waals surface area contributed by atoms with E-state index in [9.17, 15) is 18.0 Å². The molecular formula is C16H19NO5S.